The summed E-state index contributed by atoms with van der Waals surface area (Å²) < 4.78 is 0. The van der Waals surface area contributed by atoms with Crippen LogP contribution in [0.3, 0.4) is 0 Å². The first kappa shape index (κ1) is 8.62. The summed E-state index contributed by atoms with van der Waals surface area (Å²) in [6, 6.07) is -0.342. The first-order chi connectivity index (χ1) is 6.15. The molecule has 2 N–H and O–H groups in total. The number of rotatable bonds is 1. The van der Waals surface area contributed by atoms with Gasteiger partial charge in [0.25, 0.3) is 0 Å². The van der Waals surface area contributed by atoms with Crippen molar-refractivity contribution in [2.75, 3.05) is 0 Å². The molecule has 0 aromatic carbocycles. The Hall–Kier alpha value is -0.970. The fraction of sp³-hybridized carbons (Fsp3) is 0.714. The van der Waals surface area contributed by atoms with Gasteiger partial charge in [0.05, 0.1) is 6.04 Å². The molecule has 1 amide bonds. The number of carbonyl (C=O) groups is 1. The normalized spacial score (nSPS) is 37.5. The number of amides is 1. The molecule has 2 fully saturated rings. The van der Waals surface area contributed by atoms with Gasteiger partial charge in [-0.2, -0.15) is 0 Å². The predicted octanol–water partition coefficient (Wildman–Crippen LogP) is 1.15. The van der Waals surface area contributed by atoms with Crippen molar-refractivity contribution in [2.45, 2.75) is 24.9 Å². The van der Waals surface area contributed by atoms with Crippen molar-refractivity contribution >= 4 is 22.9 Å². The molecule has 1 saturated carbocycles. The van der Waals surface area contributed by atoms with E-state index in [4.69, 9.17) is 21.9 Å². The van der Waals surface area contributed by atoms with Crippen molar-refractivity contribution in [2.24, 2.45) is 11.1 Å². The fourth-order valence-electron chi connectivity index (χ4n) is 2.01. The summed E-state index contributed by atoms with van der Waals surface area (Å²) >= 11 is 5.59. The summed E-state index contributed by atoms with van der Waals surface area (Å²) in [7, 11) is 0. The third-order valence-electron chi connectivity index (χ3n) is 2.70. The molecule has 0 aromatic rings. The van der Waals surface area contributed by atoms with Gasteiger partial charge >= 0.3 is 6.09 Å². The molecule has 1 aliphatic carbocycles. The molecule has 0 unspecified atom stereocenters. The first-order valence-corrected chi connectivity index (χ1v) is 4.41. The largest absolute Gasteiger partial charge is 0.465 e. The third-order valence-corrected chi connectivity index (χ3v) is 3.02. The van der Waals surface area contributed by atoms with Crippen LogP contribution in [-0.4, -0.2) is 38.6 Å². The van der Waals surface area contributed by atoms with Gasteiger partial charge in [-0.05, 0) is 18.8 Å². The lowest BCUT2D eigenvalue weighted by Gasteiger charge is -2.22. The minimum absolute atomic E-state index is 0.0328. The van der Waals surface area contributed by atoms with E-state index >= 15 is 0 Å². The number of halogens is 1. The fourth-order valence-corrected chi connectivity index (χ4v) is 2.21. The second-order valence-electron chi connectivity index (χ2n) is 3.43. The van der Waals surface area contributed by atoms with Crippen LogP contribution in [0.5, 0.6) is 0 Å². The van der Waals surface area contributed by atoms with E-state index in [9.17, 15) is 4.79 Å². The van der Waals surface area contributed by atoms with Gasteiger partial charge in [-0.1, -0.05) is 16.8 Å². The molecule has 1 saturated heterocycles. The monoisotopic (exact) mass is 204 g/mol. The predicted molar refractivity (Wildman–Crippen MR) is 45.2 cm³/mol. The number of hydrogen-bond acceptors (Lipinski definition) is 3. The highest BCUT2D eigenvalue weighted by molar-refractivity contribution is 6.66. The van der Waals surface area contributed by atoms with Crippen LogP contribution in [0, 0.1) is 5.92 Å². The Morgan fingerprint density at radius 2 is 2.23 bits per heavy atom. The van der Waals surface area contributed by atoms with Crippen LogP contribution in [0.2, 0.25) is 0 Å². The van der Waals surface area contributed by atoms with E-state index in [2.05, 4.69) is 5.16 Å². The lowest BCUT2D eigenvalue weighted by molar-refractivity contribution is 0.141. The van der Waals surface area contributed by atoms with Gasteiger partial charge in [0.2, 0.25) is 0 Å². The first-order valence-electron chi connectivity index (χ1n) is 4.04. The Morgan fingerprint density at radius 3 is 2.77 bits per heavy atom. The van der Waals surface area contributed by atoms with E-state index in [1.54, 1.807) is 0 Å². The van der Waals surface area contributed by atoms with E-state index < -0.39 is 12.1 Å². The topological polar surface area (TPSA) is 73.1 Å². The quantitative estimate of drug-likeness (QED) is 0.382. The molecule has 2 aliphatic rings. The van der Waals surface area contributed by atoms with Crippen molar-refractivity contribution in [3.8, 4) is 0 Å². The van der Waals surface area contributed by atoms with Crippen molar-refractivity contribution in [3.63, 3.8) is 0 Å². The van der Waals surface area contributed by atoms with Gasteiger partial charge in [-0.15, -0.1) is 0 Å². The average Bonchev–Trinajstić information content (AvgIpc) is 2.74. The summed E-state index contributed by atoms with van der Waals surface area (Å²) in [6.07, 6.45) is 0.606. The zero-order valence-corrected chi connectivity index (χ0v) is 7.48. The highest BCUT2D eigenvalue weighted by atomic mass is 35.5. The summed E-state index contributed by atoms with van der Waals surface area (Å²) in [5.74, 6) is 0.414. The molecule has 3 atom stereocenters. The van der Waals surface area contributed by atoms with Gasteiger partial charge in [-0.3, -0.25) is 4.90 Å². The summed E-state index contributed by atoms with van der Waals surface area (Å²) in [5, 5.41) is 20.1. The van der Waals surface area contributed by atoms with Crippen LogP contribution in [0.25, 0.3) is 0 Å². The van der Waals surface area contributed by atoms with Crippen LogP contribution in [0.1, 0.15) is 12.8 Å². The maximum Gasteiger partial charge on any atom is 0.408 e. The van der Waals surface area contributed by atoms with Crippen LogP contribution in [-0.2, 0) is 0 Å². The molecule has 6 heteroatoms. The van der Waals surface area contributed by atoms with E-state index in [-0.39, 0.29) is 11.2 Å². The van der Waals surface area contributed by atoms with Gasteiger partial charge in [0.1, 0.15) is 0 Å². The number of carboxylic acid groups (broad SMARTS) is 1. The van der Waals surface area contributed by atoms with Gasteiger partial charge < -0.3 is 10.3 Å². The standard InChI is InChI=1S/C7H9ClN2O3/c8-6(9-13)5-2-3-1-4(3)10(5)7(11)12/h3-5,13H,1-2H2,(H,11,12)/t3-,4-,5-/m1/s1. The van der Waals surface area contributed by atoms with Gasteiger partial charge in [0, 0.05) is 6.04 Å². The minimum atomic E-state index is -0.989. The van der Waals surface area contributed by atoms with E-state index in [1.807, 2.05) is 0 Å². The molecule has 0 spiro atoms. The molecule has 13 heavy (non-hydrogen) atoms. The Bertz CT molecular complexity index is 281. The second kappa shape index (κ2) is 2.77. The Morgan fingerprint density at radius 1 is 1.54 bits per heavy atom. The number of likely N-dealkylation sites (tertiary alicyclic amines) is 1. The Balaban J connectivity index is 2.17. The van der Waals surface area contributed by atoms with Crippen LogP contribution in [0.4, 0.5) is 4.79 Å². The Kier molecular flexibility index (Phi) is 1.83. The highest BCUT2D eigenvalue weighted by Crippen LogP contribution is 2.48. The summed E-state index contributed by atoms with van der Waals surface area (Å²) in [4.78, 5) is 12.1. The van der Waals surface area contributed by atoms with Crippen LogP contribution < -0.4 is 0 Å². The summed E-state index contributed by atoms with van der Waals surface area (Å²) in [5.41, 5.74) is 0. The van der Waals surface area contributed by atoms with Crippen LogP contribution in [0.15, 0.2) is 5.16 Å². The van der Waals surface area contributed by atoms with E-state index in [0.717, 1.165) is 6.42 Å². The van der Waals surface area contributed by atoms with Crippen molar-refractivity contribution < 1.29 is 15.1 Å². The van der Waals surface area contributed by atoms with Gasteiger partial charge in [-0.25, -0.2) is 4.79 Å². The zero-order chi connectivity index (χ0) is 9.59. The molecule has 0 aromatic heterocycles. The van der Waals surface area contributed by atoms with Crippen LogP contribution >= 0.6 is 11.6 Å². The third kappa shape index (κ3) is 1.23. The van der Waals surface area contributed by atoms with Crippen molar-refractivity contribution in [3.05, 3.63) is 0 Å². The lowest BCUT2D eigenvalue weighted by Crippen LogP contribution is -2.40. The molecule has 1 aliphatic heterocycles. The lowest BCUT2D eigenvalue weighted by atomic mass is 10.2. The molecule has 5 nitrogen and oxygen atoms in total. The summed E-state index contributed by atoms with van der Waals surface area (Å²) in [6.45, 7) is 0. The SMILES string of the molecule is O=C(O)N1[C@@H](C(Cl)=NO)C[C@H]2C[C@H]21. The number of hydrogen-bond donors (Lipinski definition) is 2. The molecule has 0 bridgehead atoms. The highest BCUT2D eigenvalue weighted by Gasteiger charge is 2.55. The molecule has 2 rings (SSSR count). The second-order valence-corrected chi connectivity index (χ2v) is 3.81. The smallest absolute Gasteiger partial charge is 0.408 e. The number of nitrogens with zero attached hydrogens (tertiary/aromatic N) is 2. The molecule has 72 valence electrons. The van der Waals surface area contributed by atoms with Gasteiger partial charge in [0.15, 0.2) is 5.17 Å². The maximum atomic E-state index is 10.8. The average molecular weight is 205 g/mol. The van der Waals surface area contributed by atoms with E-state index in [1.165, 1.54) is 4.90 Å². The number of oxime groups is 1. The maximum absolute atomic E-state index is 10.8. The number of fused-ring (bicyclic) bond motifs is 1. The molecule has 0 radical (unpaired) electrons. The van der Waals surface area contributed by atoms with Crippen molar-refractivity contribution in [1.29, 1.82) is 0 Å². The van der Waals surface area contributed by atoms with E-state index in [0.29, 0.717) is 12.3 Å². The molecule has 1 heterocycles. The molecular weight excluding hydrogens is 196 g/mol. The Labute approximate surface area is 79.6 Å². The number of piperidine rings is 1. The van der Waals surface area contributed by atoms with Crippen molar-refractivity contribution in [1.82, 2.24) is 4.90 Å². The zero-order valence-electron chi connectivity index (χ0n) is 6.72. The molecular formula is C7H9ClN2O3. The minimum Gasteiger partial charge on any atom is -0.465 e.